The van der Waals surface area contributed by atoms with Gasteiger partial charge in [0.2, 0.25) is 0 Å². The third kappa shape index (κ3) is 4.37. The van der Waals surface area contributed by atoms with Gasteiger partial charge in [-0.2, -0.15) is 18.4 Å². The van der Waals surface area contributed by atoms with Gasteiger partial charge in [-0.3, -0.25) is 8.61 Å². The van der Waals surface area contributed by atoms with E-state index in [4.69, 9.17) is 10.00 Å². The van der Waals surface area contributed by atoms with Gasteiger partial charge in [0.05, 0.1) is 21.9 Å². The Morgan fingerprint density at radius 3 is 2.62 bits per heavy atom. The summed E-state index contributed by atoms with van der Waals surface area (Å²) in [7, 11) is -1.45. The van der Waals surface area contributed by atoms with Crippen molar-refractivity contribution in [1.82, 2.24) is 19.4 Å². The molecular weight excluding hydrogens is 407 g/mol. The standard InChI is InChI=1S/C18H16F3N5O2S/c1-4-29(27)13-5-11(28-17(2,3)9-22)7-23-16(13)12-8-26-10-24-14(18(19,20)21)6-15(26)25-12/h5-8,10H,4H2,1-3H3/t29-/m1/s1. The first-order valence-corrected chi connectivity index (χ1v) is 9.77. The molecule has 11 heteroatoms. The lowest BCUT2D eigenvalue weighted by Crippen LogP contribution is -2.25. The molecule has 3 rings (SSSR count). The Hall–Kier alpha value is -3.00. The second kappa shape index (κ2) is 7.44. The first kappa shape index (κ1) is 20.7. The van der Waals surface area contributed by atoms with Crippen LogP contribution in [0.2, 0.25) is 0 Å². The summed E-state index contributed by atoms with van der Waals surface area (Å²) in [4.78, 5) is 12.1. The van der Waals surface area contributed by atoms with Gasteiger partial charge in [0.15, 0.2) is 5.60 Å². The van der Waals surface area contributed by atoms with E-state index in [1.54, 1.807) is 20.8 Å². The third-order valence-electron chi connectivity index (χ3n) is 3.86. The molecule has 0 aliphatic carbocycles. The molecule has 0 aliphatic heterocycles. The molecule has 0 radical (unpaired) electrons. The molecule has 0 aromatic carbocycles. The van der Waals surface area contributed by atoms with Crippen molar-refractivity contribution in [1.29, 1.82) is 5.26 Å². The van der Waals surface area contributed by atoms with Crippen LogP contribution in [0, 0.1) is 11.3 Å². The smallest absolute Gasteiger partial charge is 0.433 e. The SMILES string of the molecule is CC[S@@](=O)c1cc(OC(C)(C)C#N)cnc1-c1cn2cnc(C(F)(F)F)cc2n1. The summed E-state index contributed by atoms with van der Waals surface area (Å²) in [6.45, 7) is 4.87. The Morgan fingerprint density at radius 1 is 1.28 bits per heavy atom. The van der Waals surface area contributed by atoms with E-state index in [-0.39, 0.29) is 28.5 Å². The predicted molar refractivity (Wildman–Crippen MR) is 98.5 cm³/mol. The van der Waals surface area contributed by atoms with Crippen molar-refractivity contribution in [2.45, 2.75) is 37.4 Å². The number of pyridine rings is 1. The average molecular weight is 423 g/mol. The molecule has 3 aromatic heterocycles. The van der Waals surface area contributed by atoms with Crippen molar-refractivity contribution in [2.75, 3.05) is 5.75 Å². The Balaban J connectivity index is 2.10. The highest BCUT2D eigenvalue weighted by Crippen LogP contribution is 2.31. The monoisotopic (exact) mass is 423 g/mol. The highest BCUT2D eigenvalue weighted by atomic mass is 32.2. The minimum absolute atomic E-state index is 0.0308. The number of nitriles is 1. The van der Waals surface area contributed by atoms with Crippen molar-refractivity contribution < 1.29 is 22.1 Å². The molecule has 0 N–H and O–H groups in total. The molecule has 0 bridgehead atoms. The summed E-state index contributed by atoms with van der Waals surface area (Å²) in [5.41, 5.74) is -1.64. The van der Waals surface area contributed by atoms with E-state index < -0.39 is 28.3 Å². The van der Waals surface area contributed by atoms with Crippen LogP contribution in [0.4, 0.5) is 13.2 Å². The number of hydrogen-bond donors (Lipinski definition) is 0. The molecule has 1 atom stereocenters. The van der Waals surface area contributed by atoms with Gasteiger partial charge < -0.3 is 4.74 Å². The molecule has 29 heavy (non-hydrogen) atoms. The van der Waals surface area contributed by atoms with E-state index in [2.05, 4.69) is 15.0 Å². The molecule has 152 valence electrons. The summed E-state index contributed by atoms with van der Waals surface area (Å²) in [6, 6.07) is 4.32. The lowest BCUT2D eigenvalue weighted by molar-refractivity contribution is -0.141. The molecular formula is C18H16F3N5O2S. The molecule has 0 aliphatic rings. The number of halogens is 3. The fraction of sp³-hybridized carbons (Fsp3) is 0.333. The summed E-state index contributed by atoms with van der Waals surface area (Å²) < 4.78 is 58.1. The van der Waals surface area contributed by atoms with E-state index in [9.17, 15) is 17.4 Å². The Bertz CT molecular complexity index is 1130. The Labute approximate surface area is 166 Å². The predicted octanol–water partition coefficient (Wildman–Crippen LogP) is 3.62. The molecule has 0 fully saturated rings. The zero-order valence-electron chi connectivity index (χ0n) is 15.7. The van der Waals surface area contributed by atoms with E-state index in [1.807, 2.05) is 6.07 Å². The maximum absolute atomic E-state index is 12.9. The molecule has 0 amide bonds. The second-order valence-electron chi connectivity index (χ2n) is 6.54. The van der Waals surface area contributed by atoms with Crippen LogP contribution >= 0.6 is 0 Å². The summed E-state index contributed by atoms with van der Waals surface area (Å²) >= 11 is 0. The van der Waals surface area contributed by atoms with Crippen LogP contribution < -0.4 is 4.74 Å². The maximum Gasteiger partial charge on any atom is 0.433 e. The maximum atomic E-state index is 12.9. The molecule has 3 aromatic rings. The van der Waals surface area contributed by atoms with Crippen molar-refractivity contribution in [3.05, 3.63) is 36.5 Å². The van der Waals surface area contributed by atoms with Gasteiger partial charge in [0.25, 0.3) is 0 Å². The number of hydrogen-bond acceptors (Lipinski definition) is 6. The van der Waals surface area contributed by atoms with E-state index in [0.717, 1.165) is 12.4 Å². The Morgan fingerprint density at radius 2 is 2.00 bits per heavy atom. The zero-order valence-corrected chi connectivity index (χ0v) is 16.5. The molecule has 0 spiro atoms. The topological polar surface area (TPSA) is 93.2 Å². The third-order valence-corrected chi connectivity index (χ3v) is 5.18. The number of nitrogens with zero attached hydrogens (tertiary/aromatic N) is 5. The largest absolute Gasteiger partial charge is 0.471 e. The lowest BCUT2D eigenvalue weighted by atomic mass is 10.2. The lowest BCUT2D eigenvalue weighted by Gasteiger charge is -2.18. The van der Waals surface area contributed by atoms with Gasteiger partial charge in [-0.25, -0.2) is 15.0 Å². The van der Waals surface area contributed by atoms with Crippen LogP contribution in [0.25, 0.3) is 17.0 Å². The van der Waals surface area contributed by atoms with Crippen LogP contribution in [0.1, 0.15) is 26.5 Å². The quantitative estimate of drug-likeness (QED) is 0.622. The second-order valence-corrected chi connectivity index (χ2v) is 8.25. The first-order chi connectivity index (χ1) is 13.5. The van der Waals surface area contributed by atoms with Crippen LogP contribution in [0.5, 0.6) is 5.75 Å². The molecule has 0 saturated heterocycles. The van der Waals surface area contributed by atoms with Gasteiger partial charge in [0.1, 0.15) is 40.9 Å². The van der Waals surface area contributed by atoms with Crippen LogP contribution in [0.15, 0.2) is 35.7 Å². The van der Waals surface area contributed by atoms with Crippen molar-refractivity contribution >= 4 is 16.4 Å². The highest BCUT2D eigenvalue weighted by Gasteiger charge is 2.33. The van der Waals surface area contributed by atoms with E-state index >= 15 is 0 Å². The first-order valence-electron chi connectivity index (χ1n) is 8.45. The Kier molecular flexibility index (Phi) is 5.32. The molecule has 0 unspecified atom stereocenters. The zero-order chi connectivity index (χ0) is 21.4. The highest BCUT2D eigenvalue weighted by molar-refractivity contribution is 7.85. The van der Waals surface area contributed by atoms with Gasteiger partial charge in [-0.05, 0) is 13.8 Å². The van der Waals surface area contributed by atoms with Gasteiger partial charge in [0, 0.05) is 24.1 Å². The molecule has 3 heterocycles. The van der Waals surface area contributed by atoms with Crippen LogP contribution in [-0.2, 0) is 17.0 Å². The van der Waals surface area contributed by atoms with Crippen molar-refractivity contribution in [3.8, 4) is 23.2 Å². The van der Waals surface area contributed by atoms with Gasteiger partial charge in [-0.15, -0.1) is 0 Å². The summed E-state index contributed by atoms with van der Waals surface area (Å²) in [6.07, 6.45) is -0.763. The number of alkyl halides is 3. The van der Waals surface area contributed by atoms with E-state index in [0.29, 0.717) is 4.90 Å². The summed E-state index contributed by atoms with van der Waals surface area (Å²) in [5, 5.41) is 9.12. The number of aromatic nitrogens is 4. The van der Waals surface area contributed by atoms with Crippen molar-refractivity contribution in [2.24, 2.45) is 0 Å². The molecule has 0 saturated carbocycles. The average Bonchev–Trinajstić information content (AvgIpc) is 3.09. The normalized spacial score (nSPS) is 13.3. The minimum atomic E-state index is -4.59. The fourth-order valence-electron chi connectivity index (χ4n) is 2.48. The van der Waals surface area contributed by atoms with Gasteiger partial charge >= 0.3 is 6.18 Å². The number of rotatable bonds is 5. The van der Waals surface area contributed by atoms with Crippen LogP contribution in [-0.4, -0.2) is 34.9 Å². The molecule has 7 nitrogen and oxygen atoms in total. The fourth-order valence-corrected chi connectivity index (χ4v) is 3.41. The van der Waals surface area contributed by atoms with Crippen LogP contribution in [0.3, 0.4) is 0 Å². The van der Waals surface area contributed by atoms with Crippen molar-refractivity contribution in [3.63, 3.8) is 0 Å². The summed E-state index contributed by atoms with van der Waals surface area (Å²) in [5.74, 6) is 0.536. The number of ether oxygens (including phenoxy) is 1. The number of imidazole rings is 1. The van der Waals surface area contributed by atoms with E-state index in [1.165, 1.54) is 22.9 Å². The van der Waals surface area contributed by atoms with Gasteiger partial charge in [-0.1, -0.05) is 6.92 Å². The number of fused-ring (bicyclic) bond motifs is 1. The minimum Gasteiger partial charge on any atom is -0.471 e.